The van der Waals surface area contributed by atoms with Crippen molar-refractivity contribution in [1.29, 1.82) is 0 Å². The first kappa shape index (κ1) is 16.0. The van der Waals surface area contributed by atoms with E-state index >= 15 is 0 Å². The average Bonchev–Trinajstić information content (AvgIpc) is 2.36. The first-order valence-electron chi connectivity index (χ1n) is 6.53. The fraction of sp³-hybridized carbons (Fsp3) is 0.571. The van der Waals surface area contributed by atoms with Crippen LogP contribution >= 0.6 is 0 Å². The second-order valence-corrected chi connectivity index (χ2v) is 7.11. The maximum absolute atomic E-state index is 11.3. The molecule has 1 unspecified atom stereocenters. The van der Waals surface area contributed by atoms with E-state index in [9.17, 15) is 13.5 Å². The lowest BCUT2D eigenvalue weighted by atomic mass is 10.1. The van der Waals surface area contributed by atoms with Crippen molar-refractivity contribution in [2.45, 2.75) is 32.8 Å². The highest BCUT2D eigenvalue weighted by Gasteiger charge is 2.06. The molecular weight excluding hydrogens is 264 g/mol. The van der Waals surface area contributed by atoms with Crippen LogP contribution in [0.15, 0.2) is 24.3 Å². The van der Waals surface area contributed by atoms with Gasteiger partial charge in [0, 0.05) is 5.75 Å². The van der Waals surface area contributed by atoms with Gasteiger partial charge in [0.2, 0.25) is 0 Å². The summed E-state index contributed by atoms with van der Waals surface area (Å²) in [7, 11) is -2.90. The third-order valence-corrected chi connectivity index (χ3v) is 4.55. The number of hydrogen-bond acceptors (Lipinski definition) is 4. The molecule has 1 N–H and O–H groups in total. The molecule has 0 heterocycles. The molecule has 5 heteroatoms. The van der Waals surface area contributed by atoms with Crippen molar-refractivity contribution in [3.63, 3.8) is 0 Å². The Kier molecular flexibility index (Phi) is 6.31. The predicted octanol–water partition coefficient (Wildman–Crippen LogP) is 1.81. The third kappa shape index (κ3) is 6.59. The van der Waals surface area contributed by atoms with E-state index in [1.54, 1.807) is 13.8 Å². The molecule has 4 nitrogen and oxygen atoms in total. The van der Waals surface area contributed by atoms with Gasteiger partial charge in [-0.15, -0.1) is 0 Å². The van der Waals surface area contributed by atoms with Gasteiger partial charge in [0.15, 0.2) is 0 Å². The number of sulfone groups is 1. The Hall–Kier alpha value is -1.07. The van der Waals surface area contributed by atoms with Crippen LogP contribution in [0, 0.1) is 0 Å². The van der Waals surface area contributed by atoms with Gasteiger partial charge < -0.3 is 9.84 Å². The largest absolute Gasteiger partial charge is 0.494 e. The summed E-state index contributed by atoms with van der Waals surface area (Å²) in [5, 5.41) is 9.26. The molecule has 0 amide bonds. The predicted molar refractivity (Wildman–Crippen MR) is 76.3 cm³/mol. The van der Waals surface area contributed by atoms with Crippen molar-refractivity contribution in [3.05, 3.63) is 29.8 Å². The van der Waals surface area contributed by atoms with E-state index in [1.165, 1.54) is 0 Å². The van der Waals surface area contributed by atoms with E-state index in [0.29, 0.717) is 19.4 Å². The molecule has 0 aliphatic carbocycles. The van der Waals surface area contributed by atoms with Crippen molar-refractivity contribution in [2.24, 2.45) is 0 Å². The van der Waals surface area contributed by atoms with Crippen LogP contribution in [0.25, 0.3) is 0 Å². The Bertz CT molecular complexity index is 463. The van der Waals surface area contributed by atoms with Gasteiger partial charge in [-0.25, -0.2) is 8.42 Å². The first-order valence-corrected chi connectivity index (χ1v) is 8.35. The van der Waals surface area contributed by atoms with Gasteiger partial charge in [0.05, 0.1) is 18.5 Å². The molecule has 1 aromatic carbocycles. The van der Waals surface area contributed by atoms with Crippen molar-refractivity contribution < 1.29 is 18.3 Å². The van der Waals surface area contributed by atoms with E-state index < -0.39 is 9.84 Å². The highest BCUT2D eigenvalue weighted by molar-refractivity contribution is 7.91. The van der Waals surface area contributed by atoms with Crippen molar-refractivity contribution in [3.8, 4) is 5.75 Å². The Morgan fingerprint density at radius 2 is 1.89 bits per heavy atom. The lowest BCUT2D eigenvalue weighted by molar-refractivity contribution is 0.195. The molecule has 19 heavy (non-hydrogen) atoms. The minimum Gasteiger partial charge on any atom is -0.494 e. The molecule has 0 fully saturated rings. The number of rotatable bonds is 8. The van der Waals surface area contributed by atoms with Crippen LogP contribution in [0.4, 0.5) is 0 Å². The number of benzene rings is 1. The molecule has 1 aromatic rings. The highest BCUT2D eigenvalue weighted by atomic mass is 32.2. The fourth-order valence-corrected chi connectivity index (χ4v) is 2.52. The molecular formula is C14H22O4S. The zero-order valence-corrected chi connectivity index (χ0v) is 12.3. The molecule has 0 radical (unpaired) electrons. The van der Waals surface area contributed by atoms with Crippen LogP contribution in [-0.4, -0.2) is 37.7 Å². The molecule has 108 valence electrons. The van der Waals surface area contributed by atoms with Gasteiger partial charge in [0.25, 0.3) is 0 Å². The Morgan fingerprint density at radius 3 is 2.42 bits per heavy atom. The fourth-order valence-electron chi connectivity index (χ4n) is 1.68. The Morgan fingerprint density at radius 1 is 1.26 bits per heavy atom. The van der Waals surface area contributed by atoms with Crippen molar-refractivity contribution in [1.82, 2.24) is 0 Å². The second kappa shape index (κ2) is 7.50. The molecule has 1 atom stereocenters. The molecule has 0 aliphatic heterocycles. The maximum atomic E-state index is 11.3. The molecule has 1 rings (SSSR count). The summed E-state index contributed by atoms with van der Waals surface area (Å²) in [6.07, 6.45) is 0.770. The van der Waals surface area contributed by atoms with Crippen LogP contribution in [0.3, 0.4) is 0 Å². The molecule has 0 spiro atoms. The van der Waals surface area contributed by atoms with Gasteiger partial charge >= 0.3 is 0 Å². The minimum atomic E-state index is -2.90. The maximum Gasteiger partial charge on any atom is 0.150 e. The standard InChI is InChI=1S/C14H22O4S/c1-3-19(16,17)10-4-9-18-14-7-5-13(6-8-14)11-12(2)15/h5-8,12,15H,3-4,9-11H2,1-2H3. The Labute approximate surface area is 115 Å². The topological polar surface area (TPSA) is 63.6 Å². The highest BCUT2D eigenvalue weighted by Crippen LogP contribution is 2.13. The van der Waals surface area contributed by atoms with E-state index in [2.05, 4.69) is 0 Å². The zero-order valence-electron chi connectivity index (χ0n) is 11.5. The summed E-state index contributed by atoms with van der Waals surface area (Å²) in [5.41, 5.74) is 1.05. The zero-order chi connectivity index (χ0) is 14.3. The summed E-state index contributed by atoms with van der Waals surface area (Å²) < 4.78 is 28.0. The smallest absolute Gasteiger partial charge is 0.150 e. The molecule has 0 aromatic heterocycles. The van der Waals surface area contributed by atoms with Crippen molar-refractivity contribution in [2.75, 3.05) is 18.1 Å². The molecule has 0 saturated heterocycles. The normalized spacial score (nSPS) is 13.2. The molecule has 0 bridgehead atoms. The molecule has 0 aliphatic rings. The van der Waals surface area contributed by atoms with Gasteiger partial charge in [0.1, 0.15) is 15.6 Å². The first-order chi connectivity index (χ1) is 8.93. The minimum absolute atomic E-state index is 0.170. The quantitative estimate of drug-likeness (QED) is 0.740. The second-order valence-electron chi connectivity index (χ2n) is 4.64. The van der Waals surface area contributed by atoms with Crippen LogP contribution < -0.4 is 4.74 Å². The van der Waals surface area contributed by atoms with Crippen LogP contribution in [-0.2, 0) is 16.3 Å². The average molecular weight is 286 g/mol. The monoisotopic (exact) mass is 286 g/mol. The summed E-state index contributed by atoms with van der Waals surface area (Å²) in [6, 6.07) is 7.49. The van der Waals surface area contributed by atoms with E-state index in [-0.39, 0.29) is 17.6 Å². The molecule has 0 saturated carbocycles. The number of ether oxygens (including phenoxy) is 1. The van der Waals surface area contributed by atoms with Gasteiger partial charge in [-0.3, -0.25) is 0 Å². The van der Waals surface area contributed by atoms with Crippen LogP contribution in [0.2, 0.25) is 0 Å². The van der Waals surface area contributed by atoms with Gasteiger partial charge in [-0.05, 0) is 37.5 Å². The summed E-state index contributed by atoms with van der Waals surface area (Å²) in [6.45, 7) is 3.80. The van der Waals surface area contributed by atoms with E-state index in [0.717, 1.165) is 11.3 Å². The lowest BCUT2D eigenvalue weighted by Gasteiger charge is -2.08. The summed E-state index contributed by atoms with van der Waals surface area (Å²) >= 11 is 0. The van der Waals surface area contributed by atoms with E-state index in [4.69, 9.17) is 4.74 Å². The van der Waals surface area contributed by atoms with Gasteiger partial charge in [-0.1, -0.05) is 19.1 Å². The summed E-state index contributed by atoms with van der Waals surface area (Å²) in [4.78, 5) is 0. The van der Waals surface area contributed by atoms with Crippen molar-refractivity contribution >= 4 is 9.84 Å². The van der Waals surface area contributed by atoms with E-state index in [1.807, 2.05) is 24.3 Å². The van der Waals surface area contributed by atoms with Gasteiger partial charge in [-0.2, -0.15) is 0 Å². The summed E-state index contributed by atoms with van der Waals surface area (Å²) in [5.74, 6) is 1.08. The van der Waals surface area contributed by atoms with Crippen LogP contribution in [0.1, 0.15) is 25.8 Å². The third-order valence-electron chi connectivity index (χ3n) is 2.76. The number of hydrogen-bond donors (Lipinski definition) is 1. The lowest BCUT2D eigenvalue weighted by Crippen LogP contribution is -2.11. The SMILES string of the molecule is CCS(=O)(=O)CCCOc1ccc(CC(C)O)cc1. The Balaban J connectivity index is 2.34. The van der Waals surface area contributed by atoms with Crippen LogP contribution in [0.5, 0.6) is 5.75 Å². The number of aliphatic hydroxyl groups is 1. The number of aliphatic hydroxyl groups excluding tert-OH is 1.